The number of benzene rings is 1. The third-order valence-corrected chi connectivity index (χ3v) is 3.08. The van der Waals surface area contributed by atoms with Gasteiger partial charge >= 0.3 is 0 Å². The third-order valence-electron chi connectivity index (χ3n) is 3.08. The van der Waals surface area contributed by atoms with Gasteiger partial charge in [0.05, 0.1) is 0 Å². The summed E-state index contributed by atoms with van der Waals surface area (Å²) in [5.74, 6) is 0. The van der Waals surface area contributed by atoms with Gasteiger partial charge in [0, 0.05) is 0 Å². The molecule has 0 saturated carbocycles. The van der Waals surface area contributed by atoms with Crippen molar-refractivity contribution in [1.82, 2.24) is 0 Å². The molecule has 0 aliphatic rings. The smallest absolute Gasteiger partial charge is 0.00939 e. The van der Waals surface area contributed by atoms with Gasteiger partial charge in [-0.2, -0.15) is 0 Å². The molecule has 0 aliphatic carbocycles. The first-order valence-electron chi connectivity index (χ1n) is 6.39. The van der Waals surface area contributed by atoms with E-state index in [0.717, 1.165) is 29.7 Å². The number of rotatable bonds is 6. The van der Waals surface area contributed by atoms with Crippen LogP contribution in [0.25, 0.3) is 18.7 Å². The molecular weight excluding hydrogens is 216 g/mol. The maximum atomic E-state index is 4.21. The molecule has 1 aromatic rings. The predicted octanol–water partition coefficient (Wildman–Crippen LogP) is 3.39. The van der Waals surface area contributed by atoms with Gasteiger partial charge in [-0.3, -0.25) is 0 Å². The van der Waals surface area contributed by atoms with Crippen LogP contribution in [0.4, 0.5) is 0 Å². The van der Waals surface area contributed by atoms with E-state index in [2.05, 4.69) is 39.3 Å². The van der Waals surface area contributed by atoms with Crippen molar-refractivity contribution in [3.63, 3.8) is 0 Å². The normalized spacial score (nSPS) is 11.3. The summed E-state index contributed by atoms with van der Waals surface area (Å²) in [4.78, 5) is 0. The Morgan fingerprint density at radius 3 is 2.44 bits per heavy atom. The lowest BCUT2D eigenvalue weighted by Gasteiger charge is -2.12. The van der Waals surface area contributed by atoms with E-state index in [1.54, 1.807) is 0 Å². The molecule has 0 spiro atoms. The molecule has 0 fully saturated rings. The minimum Gasteiger partial charge on any atom is -0.103 e. The van der Waals surface area contributed by atoms with Crippen molar-refractivity contribution in [3.05, 3.63) is 65.1 Å². The van der Waals surface area contributed by atoms with Crippen LogP contribution >= 0.6 is 0 Å². The van der Waals surface area contributed by atoms with Crippen LogP contribution in [0.5, 0.6) is 0 Å². The van der Waals surface area contributed by atoms with Gasteiger partial charge in [-0.15, -0.1) is 6.58 Å². The monoisotopic (exact) mass is 238 g/mol. The minimum absolute atomic E-state index is 0.857. The Morgan fingerprint density at radius 1 is 1.22 bits per heavy atom. The lowest BCUT2D eigenvalue weighted by atomic mass is 9.93. The molecule has 0 nitrogen and oxygen atoms in total. The van der Waals surface area contributed by atoms with Gasteiger partial charge in [0.1, 0.15) is 0 Å². The lowest BCUT2D eigenvalue weighted by Crippen LogP contribution is -2.29. The largest absolute Gasteiger partial charge is 0.103 e. The quantitative estimate of drug-likeness (QED) is 0.666. The molecule has 0 heterocycles. The molecule has 94 valence electrons. The predicted molar refractivity (Wildman–Crippen MR) is 83.9 cm³/mol. The van der Waals surface area contributed by atoms with Gasteiger partial charge in [0.25, 0.3) is 0 Å². The Morgan fingerprint density at radius 2 is 1.94 bits per heavy atom. The van der Waals surface area contributed by atoms with Gasteiger partial charge in [0.15, 0.2) is 0 Å². The highest BCUT2D eigenvalue weighted by atomic mass is 14.1. The molecule has 0 N–H and O–H groups in total. The highest BCUT2D eigenvalue weighted by Crippen LogP contribution is 2.14. The summed E-state index contributed by atoms with van der Waals surface area (Å²) in [5.41, 5.74) is 3.80. The van der Waals surface area contributed by atoms with E-state index in [1.165, 1.54) is 16.7 Å². The summed E-state index contributed by atoms with van der Waals surface area (Å²) in [6.45, 7) is 17.9. The summed E-state index contributed by atoms with van der Waals surface area (Å²) >= 11 is 0. The molecule has 0 bridgehead atoms. The van der Waals surface area contributed by atoms with E-state index in [0.29, 0.717) is 0 Å². The van der Waals surface area contributed by atoms with Gasteiger partial charge in [-0.05, 0) is 40.0 Å². The fourth-order valence-corrected chi connectivity index (χ4v) is 2.27. The van der Waals surface area contributed by atoms with Gasteiger partial charge in [-0.25, -0.2) is 0 Å². The Bertz CT molecular complexity index is 559. The van der Waals surface area contributed by atoms with Crippen LogP contribution in [0.1, 0.15) is 30.0 Å². The maximum Gasteiger partial charge on any atom is -0.00939 e. The van der Waals surface area contributed by atoms with Gasteiger partial charge in [0.2, 0.25) is 0 Å². The standard InChI is InChI=1S/C18H22/c1-6-10-15-13-16(11-7-2)17(9-4)18(12-8-3)14(15)5/h6-7,9-10,13H,1-2,4-5,8,11-12H2,3H3/b15-10-. The molecule has 0 atom stereocenters. The second-order valence-electron chi connectivity index (χ2n) is 4.34. The van der Waals surface area contributed by atoms with Crippen LogP contribution < -0.4 is 10.4 Å². The summed E-state index contributed by atoms with van der Waals surface area (Å²) < 4.78 is 0. The second kappa shape index (κ2) is 6.80. The van der Waals surface area contributed by atoms with Gasteiger partial charge < -0.3 is 0 Å². The van der Waals surface area contributed by atoms with Crippen molar-refractivity contribution in [1.29, 1.82) is 0 Å². The Hall–Kier alpha value is -1.82. The van der Waals surface area contributed by atoms with Crippen LogP contribution in [0.15, 0.2) is 38.0 Å². The van der Waals surface area contributed by atoms with Crippen LogP contribution in [0.2, 0.25) is 0 Å². The SMILES string of the molecule is C=C/C=c1/cc(CC=C)c(C=C)c(CCC)c1=C. The zero-order chi connectivity index (χ0) is 13.5. The summed E-state index contributed by atoms with van der Waals surface area (Å²) in [7, 11) is 0. The number of allylic oxidation sites excluding steroid dienone is 2. The van der Waals surface area contributed by atoms with E-state index in [1.807, 2.05) is 24.3 Å². The zero-order valence-electron chi connectivity index (χ0n) is 11.3. The Balaban J connectivity index is 3.68. The van der Waals surface area contributed by atoms with Crippen molar-refractivity contribution in [2.75, 3.05) is 0 Å². The summed E-state index contributed by atoms with van der Waals surface area (Å²) in [5, 5.41) is 2.25. The molecule has 0 aliphatic heterocycles. The highest BCUT2D eigenvalue weighted by Gasteiger charge is 2.06. The van der Waals surface area contributed by atoms with E-state index < -0.39 is 0 Å². The highest BCUT2D eigenvalue weighted by molar-refractivity contribution is 5.59. The maximum absolute atomic E-state index is 4.21. The number of hydrogen-bond donors (Lipinski definition) is 0. The summed E-state index contributed by atoms with van der Waals surface area (Å²) in [6.07, 6.45) is 10.7. The molecule has 0 radical (unpaired) electrons. The van der Waals surface area contributed by atoms with E-state index in [-0.39, 0.29) is 0 Å². The van der Waals surface area contributed by atoms with E-state index in [9.17, 15) is 0 Å². The van der Waals surface area contributed by atoms with E-state index in [4.69, 9.17) is 0 Å². The average molecular weight is 238 g/mol. The fraction of sp³-hybridized carbons (Fsp3) is 0.222. The molecule has 18 heavy (non-hydrogen) atoms. The van der Waals surface area contributed by atoms with Crippen molar-refractivity contribution < 1.29 is 0 Å². The lowest BCUT2D eigenvalue weighted by molar-refractivity contribution is 0.907. The van der Waals surface area contributed by atoms with Crippen LogP contribution in [0.3, 0.4) is 0 Å². The first-order chi connectivity index (χ1) is 8.69. The third kappa shape index (κ3) is 2.89. The van der Waals surface area contributed by atoms with Gasteiger partial charge in [-0.1, -0.05) is 63.5 Å². The Kier molecular flexibility index (Phi) is 5.38. The average Bonchev–Trinajstić information content (AvgIpc) is 2.36. The first-order valence-corrected chi connectivity index (χ1v) is 6.39. The topological polar surface area (TPSA) is 0 Å². The van der Waals surface area contributed by atoms with Crippen molar-refractivity contribution >= 4 is 18.7 Å². The molecule has 1 rings (SSSR count). The summed E-state index contributed by atoms with van der Waals surface area (Å²) in [6, 6.07) is 2.17. The Labute approximate surface area is 110 Å². The van der Waals surface area contributed by atoms with Crippen molar-refractivity contribution in [2.45, 2.75) is 26.2 Å². The molecular formula is C18H22. The molecule has 0 saturated heterocycles. The van der Waals surface area contributed by atoms with Crippen molar-refractivity contribution in [2.24, 2.45) is 0 Å². The number of hydrogen-bond acceptors (Lipinski definition) is 0. The fourth-order valence-electron chi connectivity index (χ4n) is 2.27. The second-order valence-corrected chi connectivity index (χ2v) is 4.34. The van der Waals surface area contributed by atoms with Crippen LogP contribution in [0, 0.1) is 0 Å². The van der Waals surface area contributed by atoms with Crippen molar-refractivity contribution in [3.8, 4) is 0 Å². The first kappa shape index (κ1) is 14.2. The molecule has 0 unspecified atom stereocenters. The molecule has 1 aromatic carbocycles. The molecule has 0 aromatic heterocycles. The van der Waals surface area contributed by atoms with Crippen LogP contribution in [-0.4, -0.2) is 0 Å². The minimum atomic E-state index is 0.857. The molecule has 0 amide bonds. The van der Waals surface area contributed by atoms with Crippen LogP contribution in [-0.2, 0) is 12.8 Å². The zero-order valence-corrected chi connectivity index (χ0v) is 11.3. The van der Waals surface area contributed by atoms with E-state index >= 15 is 0 Å². The molecule has 0 heteroatoms.